The number of hydrogen-bond acceptors (Lipinski definition) is 5. The molecule has 0 saturated heterocycles. The lowest BCUT2D eigenvalue weighted by Crippen LogP contribution is -2.42. The number of aryl methyl sites for hydroxylation is 2. The fourth-order valence-corrected chi connectivity index (χ4v) is 6.35. The molecule has 5 aromatic rings. The summed E-state index contributed by atoms with van der Waals surface area (Å²) in [4.78, 5) is 16.9. The maximum Gasteiger partial charge on any atom is 0.241 e. The van der Waals surface area contributed by atoms with Crippen LogP contribution < -0.4 is 15.4 Å². The minimum absolute atomic E-state index is 0.0602. The van der Waals surface area contributed by atoms with Crippen molar-refractivity contribution in [3.05, 3.63) is 131 Å². The first-order valence-electron chi connectivity index (χ1n) is 15.2. The number of carbonyl (C=O) groups is 1. The number of methoxy groups -OCH3 is 1. The number of fused-ring (bicyclic) bond motifs is 2. The van der Waals surface area contributed by atoms with Crippen molar-refractivity contribution in [1.82, 2.24) is 30.4 Å². The number of amides is 1. The van der Waals surface area contributed by atoms with E-state index < -0.39 is 0 Å². The third-order valence-electron chi connectivity index (χ3n) is 8.70. The number of nitrogens with one attached hydrogen (secondary N) is 3. The Hall–Kier alpha value is -4.95. The predicted octanol–water partition coefficient (Wildman–Crippen LogP) is 5.32. The van der Waals surface area contributed by atoms with Crippen LogP contribution in [0.15, 0.2) is 97.2 Å². The van der Waals surface area contributed by atoms with Gasteiger partial charge in [-0.1, -0.05) is 72.8 Å². The molecule has 0 saturated carbocycles. The highest BCUT2D eigenvalue weighted by Gasteiger charge is 2.29. The molecule has 8 heteroatoms. The minimum atomic E-state index is -0.360. The number of allylic oxidation sites excluding steroid dienone is 1. The molecule has 3 N–H and O–H groups in total. The summed E-state index contributed by atoms with van der Waals surface area (Å²) in [5, 5.41) is 17.3. The third-order valence-corrected chi connectivity index (χ3v) is 8.70. The van der Waals surface area contributed by atoms with Gasteiger partial charge < -0.3 is 19.6 Å². The van der Waals surface area contributed by atoms with E-state index in [1.165, 1.54) is 27.6 Å². The zero-order valence-electron chi connectivity index (χ0n) is 24.8. The van der Waals surface area contributed by atoms with Gasteiger partial charge in [0, 0.05) is 36.5 Å². The molecule has 222 valence electrons. The number of ether oxygens (including phenoxy) is 1. The lowest BCUT2D eigenvalue weighted by molar-refractivity contribution is -0.122. The van der Waals surface area contributed by atoms with Crippen LogP contribution in [0.5, 0.6) is 5.75 Å². The van der Waals surface area contributed by atoms with Crippen LogP contribution in [0.3, 0.4) is 0 Å². The molecule has 3 aromatic carbocycles. The second kappa shape index (κ2) is 12.3. The van der Waals surface area contributed by atoms with E-state index in [0.29, 0.717) is 25.9 Å². The van der Waals surface area contributed by atoms with E-state index in [2.05, 4.69) is 87.1 Å². The summed E-state index contributed by atoms with van der Waals surface area (Å²) in [5.74, 6) is 2.40. The Kier molecular flexibility index (Phi) is 7.81. The summed E-state index contributed by atoms with van der Waals surface area (Å²) in [6, 6.07) is 24.2. The highest BCUT2D eigenvalue weighted by Crippen LogP contribution is 2.34. The molecule has 2 aliphatic rings. The Labute approximate surface area is 256 Å². The van der Waals surface area contributed by atoms with Crippen LogP contribution >= 0.6 is 0 Å². The van der Waals surface area contributed by atoms with Gasteiger partial charge in [-0.15, -0.1) is 10.2 Å². The number of rotatable bonds is 11. The van der Waals surface area contributed by atoms with Crippen LogP contribution in [0.1, 0.15) is 46.4 Å². The second-order valence-corrected chi connectivity index (χ2v) is 11.4. The molecule has 1 amide bonds. The van der Waals surface area contributed by atoms with E-state index in [0.717, 1.165) is 41.3 Å². The third kappa shape index (κ3) is 5.68. The highest BCUT2D eigenvalue weighted by molar-refractivity contribution is 5.85. The zero-order chi connectivity index (χ0) is 29.9. The summed E-state index contributed by atoms with van der Waals surface area (Å²) in [5.41, 5.74) is 7.26. The largest absolute Gasteiger partial charge is 0.497 e. The van der Waals surface area contributed by atoms with Crippen LogP contribution in [0.4, 0.5) is 0 Å². The molecule has 44 heavy (non-hydrogen) atoms. The number of benzene rings is 3. The van der Waals surface area contributed by atoms with E-state index in [4.69, 9.17) is 14.9 Å². The molecule has 0 spiro atoms. The summed E-state index contributed by atoms with van der Waals surface area (Å²) < 4.78 is 7.60. The van der Waals surface area contributed by atoms with Crippen molar-refractivity contribution < 1.29 is 9.53 Å². The first-order chi connectivity index (χ1) is 21.7. The van der Waals surface area contributed by atoms with E-state index in [1.54, 1.807) is 7.11 Å². The van der Waals surface area contributed by atoms with Gasteiger partial charge in [0.05, 0.1) is 19.7 Å². The molecule has 0 bridgehead atoms. The van der Waals surface area contributed by atoms with Gasteiger partial charge in [-0.05, 0) is 58.9 Å². The van der Waals surface area contributed by atoms with Crippen molar-refractivity contribution in [2.24, 2.45) is 0 Å². The molecular formula is C36H36N6O2. The van der Waals surface area contributed by atoms with Crippen molar-refractivity contribution in [3.8, 4) is 5.75 Å². The highest BCUT2D eigenvalue weighted by atomic mass is 16.5. The summed E-state index contributed by atoms with van der Waals surface area (Å²) in [7, 11) is 1.67. The monoisotopic (exact) mass is 584 g/mol. The topological polar surface area (TPSA) is 96.9 Å². The summed E-state index contributed by atoms with van der Waals surface area (Å²) in [6.07, 6.45) is 11.3. The van der Waals surface area contributed by atoms with Gasteiger partial charge in [0.2, 0.25) is 5.91 Å². The smallest absolute Gasteiger partial charge is 0.241 e. The van der Waals surface area contributed by atoms with Crippen LogP contribution in [-0.2, 0) is 30.6 Å². The molecule has 1 aliphatic heterocycles. The average molecular weight is 585 g/mol. The van der Waals surface area contributed by atoms with E-state index in [-0.39, 0.29) is 18.0 Å². The van der Waals surface area contributed by atoms with E-state index in [1.807, 2.05) is 30.4 Å². The van der Waals surface area contributed by atoms with E-state index in [9.17, 15) is 4.79 Å². The van der Waals surface area contributed by atoms with Gasteiger partial charge in [0.1, 0.15) is 17.6 Å². The van der Waals surface area contributed by atoms with Gasteiger partial charge in [-0.3, -0.25) is 10.1 Å². The predicted molar refractivity (Wildman–Crippen MR) is 172 cm³/mol. The number of nitrogens with zero attached hydrogens (tertiary/aromatic N) is 3. The number of hydrogen-bond donors (Lipinski definition) is 3. The molecular weight excluding hydrogens is 548 g/mol. The van der Waals surface area contributed by atoms with Gasteiger partial charge >= 0.3 is 0 Å². The number of aromatic nitrogens is 4. The van der Waals surface area contributed by atoms with Crippen molar-refractivity contribution >= 4 is 22.4 Å². The van der Waals surface area contributed by atoms with Gasteiger partial charge in [0.15, 0.2) is 5.82 Å². The Morgan fingerprint density at radius 3 is 2.73 bits per heavy atom. The summed E-state index contributed by atoms with van der Waals surface area (Å²) >= 11 is 0. The molecule has 2 atom stereocenters. The average Bonchev–Trinajstić information content (AvgIpc) is 3.88. The Morgan fingerprint density at radius 1 is 1.05 bits per heavy atom. The molecule has 2 aromatic heterocycles. The molecule has 3 heterocycles. The number of H-pyrrole nitrogens is 1. The molecule has 0 unspecified atom stereocenters. The minimum Gasteiger partial charge on any atom is -0.497 e. The lowest BCUT2D eigenvalue weighted by Gasteiger charge is -2.23. The van der Waals surface area contributed by atoms with E-state index >= 15 is 0 Å². The Morgan fingerprint density at radius 2 is 1.89 bits per heavy atom. The maximum absolute atomic E-state index is 13.5. The molecule has 1 aliphatic carbocycles. The fourth-order valence-electron chi connectivity index (χ4n) is 6.35. The van der Waals surface area contributed by atoms with Crippen LogP contribution in [0.25, 0.3) is 16.5 Å². The molecule has 0 fully saturated rings. The van der Waals surface area contributed by atoms with Crippen LogP contribution in [0, 0.1) is 0 Å². The van der Waals surface area contributed by atoms with Gasteiger partial charge in [0.25, 0.3) is 0 Å². The van der Waals surface area contributed by atoms with Crippen molar-refractivity contribution in [1.29, 1.82) is 0 Å². The number of para-hydroxylation sites is 1. The first kappa shape index (κ1) is 27.9. The maximum atomic E-state index is 13.5. The standard InChI is InChI=1S/C36H36N6O2/c1-44-28-17-12-24(13-18-28)23-42-34(19-16-27-22-38-31-10-5-4-9-30(27)31)40-41-35(42)33(39-36(43)32-11-6-20-37-32)21-26-15-14-25-7-2-3-8-29(25)26/h2-13,15,17-18,22,32-33,37-38H,14,16,19-21,23H2,1H3,(H,39,43)/t32-,33+/m0/s1. The van der Waals surface area contributed by atoms with Crippen LogP contribution in [-0.4, -0.2) is 45.4 Å². The molecule has 8 nitrogen and oxygen atoms in total. The van der Waals surface area contributed by atoms with Crippen LogP contribution in [0.2, 0.25) is 0 Å². The first-order valence-corrected chi connectivity index (χ1v) is 15.2. The van der Waals surface area contributed by atoms with Crippen molar-refractivity contribution in [2.75, 3.05) is 13.7 Å². The Bertz CT molecular complexity index is 1850. The Balaban J connectivity index is 1.24. The quantitative estimate of drug-likeness (QED) is 0.183. The SMILES string of the molecule is COc1ccc(Cn2c(CCc3c[nH]c4ccccc34)nnc2[C@@H](CC2=CCc3ccccc32)NC(=O)[C@@H]2C=CCN2)cc1. The normalized spacial score (nSPS) is 16.2. The second-order valence-electron chi connectivity index (χ2n) is 11.4. The lowest BCUT2D eigenvalue weighted by atomic mass is 9.98. The number of aromatic amines is 1. The van der Waals surface area contributed by atoms with Crippen molar-refractivity contribution in [3.63, 3.8) is 0 Å². The summed E-state index contributed by atoms with van der Waals surface area (Å²) in [6.45, 7) is 1.27. The zero-order valence-corrected chi connectivity index (χ0v) is 24.8. The fraction of sp³-hybridized carbons (Fsp3) is 0.250. The van der Waals surface area contributed by atoms with Crippen molar-refractivity contribution in [2.45, 2.75) is 44.3 Å². The molecule has 7 rings (SSSR count). The number of carbonyl (C=O) groups excluding carboxylic acids is 1. The van der Waals surface area contributed by atoms with Gasteiger partial charge in [-0.2, -0.15) is 0 Å². The molecule has 0 radical (unpaired) electrons. The van der Waals surface area contributed by atoms with Gasteiger partial charge in [-0.25, -0.2) is 0 Å².